The Labute approximate surface area is 150 Å². The Morgan fingerprint density at radius 3 is 2.08 bits per heavy atom. The first-order chi connectivity index (χ1) is 12.3. The lowest BCUT2D eigenvalue weighted by molar-refractivity contribution is 0.0349. The number of nitrogens with two attached hydrogens (primary N) is 1. The van der Waals surface area contributed by atoms with Crippen molar-refractivity contribution in [1.82, 2.24) is 4.90 Å². The first kappa shape index (κ1) is 18.1. The number of morpholine rings is 1. The zero-order valence-electron chi connectivity index (χ0n) is 14.6. The van der Waals surface area contributed by atoms with Crippen LogP contribution in [0.4, 0.5) is 0 Å². The molecule has 1 heterocycles. The molecule has 0 saturated carbocycles. The molecule has 0 spiro atoms. The first-order valence-electron chi connectivity index (χ1n) is 9.09. The zero-order chi connectivity index (χ0) is 17.5. The van der Waals surface area contributed by atoms with Crippen LogP contribution in [-0.4, -0.2) is 48.9 Å². The van der Waals surface area contributed by atoms with Gasteiger partial charge >= 0.3 is 0 Å². The number of aliphatic hydroxyl groups is 1. The van der Waals surface area contributed by atoms with Gasteiger partial charge in [-0.1, -0.05) is 60.7 Å². The van der Waals surface area contributed by atoms with Crippen LogP contribution in [0.25, 0.3) is 0 Å². The third kappa shape index (κ3) is 4.89. The summed E-state index contributed by atoms with van der Waals surface area (Å²) in [4.78, 5) is 2.42. The smallest absolute Gasteiger partial charge is 0.0946 e. The van der Waals surface area contributed by atoms with E-state index in [1.165, 1.54) is 5.56 Å². The molecule has 25 heavy (non-hydrogen) atoms. The van der Waals surface area contributed by atoms with E-state index in [1.54, 1.807) is 0 Å². The second kappa shape index (κ2) is 9.11. The normalized spacial score (nSPS) is 19.3. The van der Waals surface area contributed by atoms with E-state index in [2.05, 4.69) is 17.0 Å². The van der Waals surface area contributed by atoms with E-state index in [4.69, 9.17) is 10.5 Å². The van der Waals surface area contributed by atoms with Crippen molar-refractivity contribution in [3.8, 4) is 0 Å². The number of benzene rings is 2. The number of rotatable bonds is 7. The maximum atomic E-state index is 10.8. The van der Waals surface area contributed by atoms with Crippen molar-refractivity contribution in [2.75, 3.05) is 32.8 Å². The minimum atomic E-state index is -0.670. The van der Waals surface area contributed by atoms with Crippen LogP contribution in [0.5, 0.6) is 0 Å². The molecule has 0 aromatic heterocycles. The van der Waals surface area contributed by atoms with Crippen molar-refractivity contribution in [3.63, 3.8) is 0 Å². The number of nitrogens with zero attached hydrogens (tertiary/aromatic N) is 1. The lowest BCUT2D eigenvalue weighted by Crippen LogP contribution is -2.40. The van der Waals surface area contributed by atoms with Gasteiger partial charge in [0, 0.05) is 25.0 Å². The van der Waals surface area contributed by atoms with Crippen LogP contribution >= 0.6 is 0 Å². The quantitative estimate of drug-likeness (QED) is 0.813. The molecule has 1 saturated heterocycles. The van der Waals surface area contributed by atoms with Crippen LogP contribution in [0.3, 0.4) is 0 Å². The van der Waals surface area contributed by atoms with E-state index in [0.717, 1.165) is 44.8 Å². The van der Waals surface area contributed by atoms with Crippen molar-refractivity contribution in [2.45, 2.75) is 24.5 Å². The van der Waals surface area contributed by atoms with E-state index in [1.807, 2.05) is 48.5 Å². The van der Waals surface area contributed by atoms with Crippen LogP contribution < -0.4 is 5.73 Å². The average Bonchev–Trinajstić information content (AvgIpc) is 2.69. The number of aliphatic hydroxyl groups excluding tert-OH is 1. The van der Waals surface area contributed by atoms with E-state index >= 15 is 0 Å². The Morgan fingerprint density at radius 2 is 1.48 bits per heavy atom. The Morgan fingerprint density at radius 1 is 0.920 bits per heavy atom. The second-order valence-corrected chi connectivity index (χ2v) is 6.69. The highest BCUT2D eigenvalue weighted by Crippen LogP contribution is 2.30. The fraction of sp³-hybridized carbons (Fsp3) is 0.429. The van der Waals surface area contributed by atoms with Gasteiger partial charge in [-0.15, -0.1) is 0 Å². The molecule has 0 bridgehead atoms. The van der Waals surface area contributed by atoms with Gasteiger partial charge in [-0.3, -0.25) is 4.90 Å². The van der Waals surface area contributed by atoms with E-state index in [9.17, 15) is 5.11 Å². The predicted octanol–water partition coefficient (Wildman–Crippen LogP) is 2.55. The minimum Gasteiger partial charge on any atom is -0.387 e. The average molecular weight is 340 g/mol. The van der Waals surface area contributed by atoms with Crippen molar-refractivity contribution < 1.29 is 9.84 Å². The molecule has 1 aliphatic heterocycles. The highest BCUT2D eigenvalue weighted by atomic mass is 16.5. The third-order valence-electron chi connectivity index (χ3n) is 5.06. The Bertz CT molecular complexity index is 614. The third-order valence-corrected chi connectivity index (χ3v) is 5.06. The van der Waals surface area contributed by atoms with Crippen LogP contribution in [0.1, 0.15) is 29.6 Å². The molecule has 3 N–H and O–H groups in total. The molecule has 4 nitrogen and oxygen atoms in total. The zero-order valence-corrected chi connectivity index (χ0v) is 14.6. The minimum absolute atomic E-state index is 0.110. The van der Waals surface area contributed by atoms with Gasteiger partial charge in [-0.25, -0.2) is 0 Å². The molecule has 3 rings (SSSR count). The Hall–Kier alpha value is -1.72. The molecule has 3 atom stereocenters. The lowest BCUT2D eigenvalue weighted by atomic mass is 9.84. The lowest BCUT2D eigenvalue weighted by Gasteiger charge is -2.32. The molecule has 2 aromatic rings. The van der Waals surface area contributed by atoms with Gasteiger partial charge in [0.1, 0.15) is 0 Å². The summed E-state index contributed by atoms with van der Waals surface area (Å²) in [6.07, 6.45) is 0.255. The van der Waals surface area contributed by atoms with E-state index in [0.29, 0.717) is 0 Å². The van der Waals surface area contributed by atoms with Crippen LogP contribution in [0.15, 0.2) is 60.7 Å². The first-order valence-corrected chi connectivity index (χ1v) is 9.09. The number of hydrogen-bond acceptors (Lipinski definition) is 4. The summed E-state index contributed by atoms with van der Waals surface area (Å²) in [6, 6.07) is 19.7. The van der Waals surface area contributed by atoms with Crippen molar-refractivity contribution in [3.05, 3.63) is 71.8 Å². The fourth-order valence-electron chi connectivity index (χ4n) is 3.52. The second-order valence-electron chi connectivity index (χ2n) is 6.69. The molecule has 0 radical (unpaired) electrons. The highest BCUT2D eigenvalue weighted by molar-refractivity contribution is 5.25. The maximum absolute atomic E-state index is 10.8. The summed E-state index contributed by atoms with van der Waals surface area (Å²) in [5, 5.41) is 10.8. The summed E-state index contributed by atoms with van der Waals surface area (Å²) in [7, 11) is 0. The summed E-state index contributed by atoms with van der Waals surface area (Å²) in [5.74, 6) is 0.110. The molecule has 134 valence electrons. The monoisotopic (exact) mass is 340 g/mol. The summed E-state index contributed by atoms with van der Waals surface area (Å²) in [6.45, 7) is 4.51. The van der Waals surface area contributed by atoms with Crippen molar-refractivity contribution >= 4 is 0 Å². The molecule has 0 aliphatic carbocycles. The molecule has 0 amide bonds. The number of hydrogen-bond donors (Lipinski definition) is 2. The standard InChI is InChI=1S/C21H28N2O2/c22-20(21(24)18-9-5-2-6-10-18)19(17-7-3-1-4-8-17)11-12-23-13-15-25-16-14-23/h1-10,19-21,24H,11-16,22H2. The van der Waals surface area contributed by atoms with E-state index in [-0.39, 0.29) is 12.0 Å². The van der Waals surface area contributed by atoms with Gasteiger partial charge < -0.3 is 15.6 Å². The molecule has 1 aliphatic rings. The topological polar surface area (TPSA) is 58.7 Å². The highest BCUT2D eigenvalue weighted by Gasteiger charge is 2.28. The molecule has 1 fully saturated rings. The fourth-order valence-corrected chi connectivity index (χ4v) is 3.52. The van der Waals surface area contributed by atoms with Gasteiger partial charge in [0.25, 0.3) is 0 Å². The molecule has 4 heteroatoms. The van der Waals surface area contributed by atoms with Gasteiger partial charge in [0.05, 0.1) is 19.3 Å². The molecule has 3 unspecified atom stereocenters. The van der Waals surface area contributed by atoms with Crippen molar-refractivity contribution in [2.24, 2.45) is 5.73 Å². The summed E-state index contributed by atoms with van der Waals surface area (Å²) < 4.78 is 5.43. The largest absolute Gasteiger partial charge is 0.387 e. The summed E-state index contributed by atoms with van der Waals surface area (Å²) in [5.41, 5.74) is 8.62. The van der Waals surface area contributed by atoms with E-state index < -0.39 is 6.10 Å². The van der Waals surface area contributed by atoms with Gasteiger partial charge in [0.2, 0.25) is 0 Å². The molecule has 2 aromatic carbocycles. The maximum Gasteiger partial charge on any atom is 0.0946 e. The predicted molar refractivity (Wildman–Crippen MR) is 100 cm³/mol. The van der Waals surface area contributed by atoms with Gasteiger partial charge in [0.15, 0.2) is 0 Å². The molecular formula is C21H28N2O2. The van der Waals surface area contributed by atoms with Crippen molar-refractivity contribution in [1.29, 1.82) is 0 Å². The van der Waals surface area contributed by atoms with Crippen LogP contribution in [0, 0.1) is 0 Å². The molecular weight excluding hydrogens is 312 g/mol. The van der Waals surface area contributed by atoms with Crippen LogP contribution in [0.2, 0.25) is 0 Å². The number of ether oxygens (including phenoxy) is 1. The van der Waals surface area contributed by atoms with Gasteiger partial charge in [-0.05, 0) is 24.1 Å². The van der Waals surface area contributed by atoms with Crippen LogP contribution in [-0.2, 0) is 4.74 Å². The van der Waals surface area contributed by atoms with Gasteiger partial charge in [-0.2, -0.15) is 0 Å². The Balaban J connectivity index is 1.73. The Kier molecular flexibility index (Phi) is 6.59. The SMILES string of the molecule is NC(C(O)c1ccccc1)C(CCN1CCOCC1)c1ccccc1. The summed E-state index contributed by atoms with van der Waals surface area (Å²) >= 11 is 0.